The van der Waals surface area contributed by atoms with Crippen molar-refractivity contribution in [1.29, 1.82) is 0 Å². The Labute approximate surface area is 155 Å². The summed E-state index contributed by atoms with van der Waals surface area (Å²) in [7, 11) is 0. The van der Waals surface area contributed by atoms with E-state index in [0.717, 1.165) is 22.1 Å². The molecule has 25 heavy (non-hydrogen) atoms. The Kier molecular flexibility index (Phi) is 4.40. The molecule has 1 saturated carbocycles. The van der Waals surface area contributed by atoms with E-state index in [1.54, 1.807) is 6.20 Å². The second-order valence-corrected chi connectivity index (χ2v) is 7.25. The fraction of sp³-hybridized carbons (Fsp3) is 0.200. The predicted molar refractivity (Wildman–Crippen MR) is 100 cm³/mol. The van der Waals surface area contributed by atoms with E-state index in [0.29, 0.717) is 12.5 Å². The quantitative estimate of drug-likeness (QED) is 0.707. The van der Waals surface area contributed by atoms with Gasteiger partial charge < -0.3 is 5.32 Å². The smallest absolute Gasteiger partial charge is 0.224 e. The summed E-state index contributed by atoms with van der Waals surface area (Å²) in [6.45, 7) is 0.555. The lowest BCUT2D eigenvalue weighted by atomic mass is 10.1. The second kappa shape index (κ2) is 6.84. The average Bonchev–Trinajstić information content (AvgIpc) is 3.25. The Hall–Kier alpha value is -2.40. The average molecular weight is 396 g/mol. The predicted octanol–water partition coefficient (Wildman–Crippen LogP) is 4.05. The number of nitrogens with zero attached hydrogens (tertiary/aromatic N) is 2. The zero-order chi connectivity index (χ0) is 17.2. The first-order chi connectivity index (χ1) is 12.2. The highest BCUT2D eigenvalue weighted by Gasteiger charge is 2.43. The third kappa shape index (κ3) is 3.66. The maximum Gasteiger partial charge on any atom is 0.224 e. The molecule has 1 aromatic heterocycles. The van der Waals surface area contributed by atoms with Crippen molar-refractivity contribution in [3.63, 3.8) is 0 Å². The lowest BCUT2D eigenvalue weighted by Crippen LogP contribution is -2.24. The Morgan fingerprint density at radius 3 is 2.76 bits per heavy atom. The third-order valence-corrected chi connectivity index (χ3v) is 5.07. The molecule has 0 spiro atoms. The number of carbonyl (C=O) groups is 1. The number of rotatable bonds is 5. The number of amides is 1. The van der Waals surface area contributed by atoms with Gasteiger partial charge in [-0.1, -0.05) is 40.2 Å². The Balaban J connectivity index is 1.32. The largest absolute Gasteiger partial charge is 0.352 e. The second-order valence-electron chi connectivity index (χ2n) is 6.34. The van der Waals surface area contributed by atoms with E-state index in [1.165, 1.54) is 5.56 Å². The highest BCUT2D eigenvalue weighted by Crippen LogP contribution is 2.47. The van der Waals surface area contributed by atoms with Crippen LogP contribution in [0.3, 0.4) is 0 Å². The first-order valence-electron chi connectivity index (χ1n) is 8.33. The highest BCUT2D eigenvalue weighted by molar-refractivity contribution is 9.10. The van der Waals surface area contributed by atoms with Crippen molar-refractivity contribution in [1.82, 2.24) is 15.1 Å². The molecule has 1 heterocycles. The number of hydrogen-bond acceptors (Lipinski definition) is 2. The van der Waals surface area contributed by atoms with E-state index < -0.39 is 0 Å². The molecule has 1 aliphatic rings. The van der Waals surface area contributed by atoms with Crippen molar-refractivity contribution in [2.24, 2.45) is 5.92 Å². The van der Waals surface area contributed by atoms with Crippen molar-refractivity contribution in [3.05, 3.63) is 82.6 Å². The Morgan fingerprint density at radius 1 is 1.20 bits per heavy atom. The molecule has 1 N–H and O–H groups in total. The monoisotopic (exact) mass is 395 g/mol. The van der Waals surface area contributed by atoms with Crippen LogP contribution < -0.4 is 5.32 Å². The van der Waals surface area contributed by atoms with Crippen LogP contribution in [-0.2, 0) is 11.3 Å². The van der Waals surface area contributed by atoms with Crippen LogP contribution in [0.5, 0.6) is 0 Å². The molecule has 1 fully saturated rings. The van der Waals surface area contributed by atoms with Crippen molar-refractivity contribution in [3.8, 4) is 5.69 Å². The molecule has 1 amide bonds. The van der Waals surface area contributed by atoms with Crippen LogP contribution in [0.15, 0.2) is 71.5 Å². The first-order valence-corrected chi connectivity index (χ1v) is 9.12. The van der Waals surface area contributed by atoms with E-state index in [2.05, 4.69) is 38.5 Å². The molecular formula is C20H18BrN3O. The Morgan fingerprint density at radius 2 is 2.04 bits per heavy atom. The SMILES string of the molecule is O=C(NCc1ccc(-n2cccn2)cc1)C1CC1c1cccc(Br)c1. The number of halogens is 1. The Bertz CT molecular complexity index is 874. The fourth-order valence-corrected chi connectivity index (χ4v) is 3.52. The zero-order valence-electron chi connectivity index (χ0n) is 13.6. The van der Waals surface area contributed by atoms with Gasteiger partial charge in [0.05, 0.1) is 5.69 Å². The van der Waals surface area contributed by atoms with E-state index in [1.807, 2.05) is 53.3 Å². The molecule has 2 atom stereocenters. The molecule has 4 nitrogen and oxygen atoms in total. The maximum atomic E-state index is 12.4. The number of carbonyl (C=O) groups excluding carboxylic acids is 1. The summed E-state index contributed by atoms with van der Waals surface area (Å²) in [6, 6.07) is 18.2. The molecule has 4 rings (SSSR count). The molecule has 3 aromatic rings. The number of hydrogen-bond donors (Lipinski definition) is 1. The third-order valence-electron chi connectivity index (χ3n) is 4.58. The van der Waals surface area contributed by atoms with Crippen LogP contribution in [0.1, 0.15) is 23.5 Å². The van der Waals surface area contributed by atoms with E-state index in [4.69, 9.17) is 0 Å². The van der Waals surface area contributed by atoms with Gasteiger partial charge in [0.1, 0.15) is 0 Å². The molecule has 0 saturated heterocycles. The van der Waals surface area contributed by atoms with Gasteiger partial charge >= 0.3 is 0 Å². The lowest BCUT2D eigenvalue weighted by molar-refractivity contribution is -0.122. The number of aromatic nitrogens is 2. The van der Waals surface area contributed by atoms with Gasteiger partial charge in [-0.25, -0.2) is 4.68 Å². The molecular weight excluding hydrogens is 378 g/mol. The lowest BCUT2D eigenvalue weighted by Gasteiger charge is -2.07. The standard InChI is InChI=1S/C20H18BrN3O/c21-16-4-1-3-15(11-16)18-12-19(18)20(25)22-13-14-5-7-17(8-6-14)24-10-2-9-23-24/h1-11,18-19H,12-13H2,(H,22,25). The molecule has 1 aliphatic carbocycles. The molecule has 5 heteroatoms. The molecule has 2 aromatic carbocycles. The summed E-state index contributed by atoms with van der Waals surface area (Å²) in [5.41, 5.74) is 3.33. The number of benzene rings is 2. The van der Waals surface area contributed by atoms with Gasteiger partial charge in [0.15, 0.2) is 0 Å². The van der Waals surface area contributed by atoms with Crippen LogP contribution in [0, 0.1) is 5.92 Å². The summed E-state index contributed by atoms with van der Waals surface area (Å²) in [5, 5.41) is 7.27. The van der Waals surface area contributed by atoms with E-state index in [-0.39, 0.29) is 11.8 Å². The van der Waals surface area contributed by atoms with Gasteiger partial charge in [-0.15, -0.1) is 0 Å². The van der Waals surface area contributed by atoms with E-state index >= 15 is 0 Å². The van der Waals surface area contributed by atoms with Crippen molar-refractivity contribution < 1.29 is 4.79 Å². The minimum Gasteiger partial charge on any atom is -0.352 e. The molecule has 126 valence electrons. The van der Waals surface area contributed by atoms with Gasteiger partial charge in [-0.3, -0.25) is 4.79 Å². The van der Waals surface area contributed by atoms with Crippen molar-refractivity contribution in [2.75, 3.05) is 0 Å². The topological polar surface area (TPSA) is 46.9 Å². The maximum absolute atomic E-state index is 12.4. The fourth-order valence-electron chi connectivity index (χ4n) is 3.10. The summed E-state index contributed by atoms with van der Waals surface area (Å²) >= 11 is 3.49. The van der Waals surface area contributed by atoms with Gasteiger partial charge in [0.2, 0.25) is 5.91 Å². The summed E-state index contributed by atoms with van der Waals surface area (Å²) in [6.07, 6.45) is 4.60. The van der Waals surface area contributed by atoms with Crippen LogP contribution in [0.4, 0.5) is 0 Å². The summed E-state index contributed by atoms with van der Waals surface area (Å²) < 4.78 is 2.88. The minimum atomic E-state index is 0.0950. The molecule has 0 aliphatic heterocycles. The van der Waals surface area contributed by atoms with Crippen LogP contribution in [-0.4, -0.2) is 15.7 Å². The van der Waals surface area contributed by atoms with Crippen LogP contribution in [0.2, 0.25) is 0 Å². The summed E-state index contributed by atoms with van der Waals surface area (Å²) in [5.74, 6) is 0.582. The van der Waals surface area contributed by atoms with Gasteiger partial charge in [0, 0.05) is 29.3 Å². The normalized spacial score (nSPS) is 18.8. The first kappa shape index (κ1) is 16.1. The molecule has 0 radical (unpaired) electrons. The zero-order valence-corrected chi connectivity index (χ0v) is 15.2. The summed E-state index contributed by atoms with van der Waals surface area (Å²) in [4.78, 5) is 12.4. The van der Waals surface area contributed by atoms with Gasteiger partial charge in [-0.05, 0) is 53.8 Å². The highest BCUT2D eigenvalue weighted by atomic mass is 79.9. The van der Waals surface area contributed by atoms with E-state index in [9.17, 15) is 4.79 Å². The van der Waals surface area contributed by atoms with Crippen LogP contribution in [0.25, 0.3) is 5.69 Å². The van der Waals surface area contributed by atoms with Crippen molar-refractivity contribution >= 4 is 21.8 Å². The molecule has 2 unspecified atom stereocenters. The van der Waals surface area contributed by atoms with Gasteiger partial charge in [-0.2, -0.15) is 5.10 Å². The number of nitrogens with one attached hydrogen (secondary N) is 1. The van der Waals surface area contributed by atoms with Crippen molar-refractivity contribution in [2.45, 2.75) is 18.9 Å². The van der Waals surface area contributed by atoms with Gasteiger partial charge in [0.25, 0.3) is 0 Å². The molecule has 0 bridgehead atoms. The van der Waals surface area contributed by atoms with Crippen LogP contribution >= 0.6 is 15.9 Å². The minimum absolute atomic E-state index is 0.0950.